The summed E-state index contributed by atoms with van der Waals surface area (Å²) in [6, 6.07) is 18.9. The smallest absolute Gasteiger partial charge is 0.339 e. The van der Waals surface area contributed by atoms with Crippen LogP contribution < -0.4 is 5.32 Å². The Morgan fingerprint density at radius 3 is 2.45 bits per heavy atom. The Bertz CT molecular complexity index is 686. The van der Waals surface area contributed by atoms with E-state index in [9.17, 15) is 4.79 Å². The number of carbonyl (C=O) groups excluding carboxylic acids is 1. The van der Waals surface area contributed by atoms with Crippen molar-refractivity contribution in [2.45, 2.75) is 12.6 Å². The molecule has 110 valence electrons. The highest BCUT2D eigenvalue weighted by Crippen LogP contribution is 2.17. The van der Waals surface area contributed by atoms with Gasteiger partial charge in [-0.25, -0.2) is 4.79 Å². The lowest BCUT2D eigenvalue weighted by atomic mass is 10.1. The second kappa shape index (κ2) is 6.93. The molecular formula is C19H17NO2. The lowest BCUT2D eigenvalue weighted by molar-refractivity contribution is 0.0204. The number of hydrogen-bond donors (Lipinski definition) is 1. The van der Waals surface area contributed by atoms with Gasteiger partial charge in [0.05, 0.1) is 11.5 Å². The Morgan fingerprint density at radius 1 is 1.05 bits per heavy atom. The Balaban J connectivity index is 1.66. The highest BCUT2D eigenvalue weighted by Gasteiger charge is 2.29. The molecule has 1 aliphatic rings. The largest absolute Gasteiger partial charge is 0.442 e. The zero-order chi connectivity index (χ0) is 15.2. The van der Waals surface area contributed by atoms with Gasteiger partial charge in [0.2, 0.25) is 0 Å². The molecule has 3 rings (SSSR count). The first-order valence-corrected chi connectivity index (χ1v) is 7.39. The molecule has 1 heterocycles. The van der Waals surface area contributed by atoms with Crippen LogP contribution in [0.25, 0.3) is 0 Å². The zero-order valence-electron chi connectivity index (χ0n) is 12.2. The maximum Gasteiger partial charge on any atom is 0.339 e. The van der Waals surface area contributed by atoms with Crippen molar-refractivity contribution in [3.63, 3.8) is 0 Å². The summed E-state index contributed by atoms with van der Waals surface area (Å²) < 4.78 is 5.55. The minimum Gasteiger partial charge on any atom is -0.442 e. The van der Waals surface area contributed by atoms with Gasteiger partial charge >= 0.3 is 5.97 Å². The van der Waals surface area contributed by atoms with Crippen LogP contribution in [0.3, 0.4) is 0 Å². The van der Waals surface area contributed by atoms with Gasteiger partial charge in [0.1, 0.15) is 0 Å². The van der Waals surface area contributed by atoms with Crippen molar-refractivity contribution in [1.82, 2.24) is 5.32 Å². The van der Waals surface area contributed by atoms with E-state index in [0.29, 0.717) is 5.56 Å². The molecule has 0 aliphatic carbocycles. The SMILES string of the molecule is O=C(OC1NCCC1C#Cc1ccccc1)c1ccccc1. The van der Waals surface area contributed by atoms with E-state index in [2.05, 4.69) is 17.2 Å². The average molecular weight is 291 g/mol. The number of ether oxygens (including phenoxy) is 1. The highest BCUT2D eigenvalue weighted by atomic mass is 16.6. The molecule has 1 fully saturated rings. The van der Waals surface area contributed by atoms with E-state index < -0.39 is 0 Å². The van der Waals surface area contributed by atoms with E-state index in [1.807, 2.05) is 48.5 Å². The molecule has 3 heteroatoms. The van der Waals surface area contributed by atoms with Crippen LogP contribution in [0, 0.1) is 17.8 Å². The van der Waals surface area contributed by atoms with Crippen LogP contribution >= 0.6 is 0 Å². The van der Waals surface area contributed by atoms with Crippen LogP contribution in [-0.4, -0.2) is 18.7 Å². The van der Waals surface area contributed by atoms with Crippen LogP contribution in [0.1, 0.15) is 22.3 Å². The predicted molar refractivity (Wildman–Crippen MR) is 85.1 cm³/mol. The van der Waals surface area contributed by atoms with E-state index in [0.717, 1.165) is 18.5 Å². The summed E-state index contributed by atoms with van der Waals surface area (Å²) >= 11 is 0. The Hall–Kier alpha value is -2.57. The van der Waals surface area contributed by atoms with Gasteiger partial charge < -0.3 is 4.74 Å². The fourth-order valence-electron chi connectivity index (χ4n) is 2.40. The normalized spacial score (nSPS) is 20.0. The molecule has 1 aliphatic heterocycles. The second-order valence-corrected chi connectivity index (χ2v) is 5.18. The first kappa shape index (κ1) is 14.4. The monoisotopic (exact) mass is 291 g/mol. The first-order valence-electron chi connectivity index (χ1n) is 7.39. The highest BCUT2D eigenvalue weighted by molar-refractivity contribution is 5.89. The Kier molecular flexibility index (Phi) is 4.53. The van der Waals surface area contributed by atoms with Crippen molar-refractivity contribution in [3.05, 3.63) is 71.8 Å². The molecule has 0 saturated carbocycles. The van der Waals surface area contributed by atoms with Crippen LogP contribution in [-0.2, 0) is 4.74 Å². The quantitative estimate of drug-likeness (QED) is 0.683. The molecule has 0 aromatic heterocycles. The van der Waals surface area contributed by atoms with E-state index in [4.69, 9.17) is 4.74 Å². The van der Waals surface area contributed by atoms with Gasteiger partial charge in [-0.05, 0) is 37.2 Å². The fourth-order valence-corrected chi connectivity index (χ4v) is 2.40. The topological polar surface area (TPSA) is 38.3 Å². The molecule has 1 saturated heterocycles. The summed E-state index contributed by atoms with van der Waals surface area (Å²) in [5, 5.41) is 3.20. The van der Waals surface area contributed by atoms with Crippen LogP contribution in [0.2, 0.25) is 0 Å². The van der Waals surface area contributed by atoms with E-state index >= 15 is 0 Å². The van der Waals surface area contributed by atoms with Gasteiger partial charge in [0, 0.05) is 5.56 Å². The van der Waals surface area contributed by atoms with E-state index in [1.54, 1.807) is 12.1 Å². The van der Waals surface area contributed by atoms with Gasteiger partial charge in [0.25, 0.3) is 0 Å². The number of nitrogens with one attached hydrogen (secondary N) is 1. The lowest BCUT2D eigenvalue weighted by Gasteiger charge is -2.16. The molecule has 2 aromatic rings. The molecule has 2 atom stereocenters. The molecule has 3 nitrogen and oxygen atoms in total. The third-order valence-electron chi connectivity index (χ3n) is 3.59. The lowest BCUT2D eigenvalue weighted by Crippen LogP contribution is -2.32. The Labute approximate surface area is 130 Å². The van der Waals surface area contributed by atoms with Crippen LogP contribution in [0.4, 0.5) is 0 Å². The van der Waals surface area contributed by atoms with Gasteiger partial charge in [-0.3, -0.25) is 5.32 Å². The van der Waals surface area contributed by atoms with E-state index in [-0.39, 0.29) is 18.1 Å². The number of benzene rings is 2. The first-order chi connectivity index (χ1) is 10.8. The van der Waals surface area contributed by atoms with Crippen molar-refractivity contribution >= 4 is 5.97 Å². The fraction of sp³-hybridized carbons (Fsp3) is 0.211. The van der Waals surface area contributed by atoms with Gasteiger partial charge in [-0.1, -0.05) is 48.2 Å². The van der Waals surface area contributed by atoms with Gasteiger partial charge in [-0.15, -0.1) is 0 Å². The van der Waals surface area contributed by atoms with Crippen molar-refractivity contribution in [2.75, 3.05) is 6.54 Å². The van der Waals surface area contributed by atoms with Gasteiger partial charge in [-0.2, -0.15) is 0 Å². The van der Waals surface area contributed by atoms with Crippen LogP contribution in [0.15, 0.2) is 60.7 Å². The summed E-state index contributed by atoms with van der Waals surface area (Å²) in [4.78, 5) is 12.1. The molecule has 22 heavy (non-hydrogen) atoms. The van der Waals surface area contributed by atoms with Crippen LogP contribution in [0.5, 0.6) is 0 Å². The zero-order valence-corrected chi connectivity index (χ0v) is 12.2. The second-order valence-electron chi connectivity index (χ2n) is 5.18. The summed E-state index contributed by atoms with van der Waals surface area (Å²) in [6.45, 7) is 0.806. The summed E-state index contributed by atoms with van der Waals surface area (Å²) in [7, 11) is 0. The average Bonchev–Trinajstić information content (AvgIpc) is 3.02. The number of carbonyl (C=O) groups is 1. The molecule has 0 radical (unpaired) electrons. The predicted octanol–water partition coefficient (Wildman–Crippen LogP) is 2.83. The number of rotatable bonds is 2. The summed E-state index contributed by atoms with van der Waals surface area (Å²) in [5.41, 5.74) is 1.54. The third kappa shape index (κ3) is 3.55. The standard InChI is InChI=1S/C19H17NO2/c21-19(17-9-5-2-6-10-17)22-18-16(13-14-20-18)12-11-15-7-3-1-4-8-15/h1-10,16,18,20H,13-14H2. The maximum atomic E-state index is 12.1. The van der Waals surface area contributed by atoms with Crippen molar-refractivity contribution in [3.8, 4) is 11.8 Å². The van der Waals surface area contributed by atoms with Crippen molar-refractivity contribution < 1.29 is 9.53 Å². The molecular weight excluding hydrogens is 274 g/mol. The summed E-state index contributed by atoms with van der Waals surface area (Å²) in [6.07, 6.45) is 0.538. The van der Waals surface area contributed by atoms with E-state index in [1.165, 1.54) is 0 Å². The molecule has 0 bridgehead atoms. The molecule has 2 aromatic carbocycles. The molecule has 0 amide bonds. The third-order valence-corrected chi connectivity index (χ3v) is 3.59. The number of hydrogen-bond acceptors (Lipinski definition) is 3. The maximum absolute atomic E-state index is 12.1. The number of esters is 1. The van der Waals surface area contributed by atoms with Gasteiger partial charge in [0.15, 0.2) is 6.23 Å². The molecule has 1 N–H and O–H groups in total. The minimum atomic E-state index is -0.344. The summed E-state index contributed by atoms with van der Waals surface area (Å²) in [5.74, 6) is 6.07. The molecule has 0 spiro atoms. The van der Waals surface area contributed by atoms with Crippen molar-refractivity contribution in [2.24, 2.45) is 5.92 Å². The Morgan fingerprint density at radius 2 is 1.73 bits per heavy atom. The van der Waals surface area contributed by atoms with Crippen molar-refractivity contribution in [1.29, 1.82) is 0 Å². The molecule has 2 unspecified atom stereocenters. The minimum absolute atomic E-state index is 0.0212.